The molecule has 112 valence electrons. The molecular weight excluding hydrogens is 246 g/mol. The normalized spacial score (nSPS) is 19.6. The monoisotopic (exact) mass is 275 g/mol. The lowest BCUT2D eigenvalue weighted by molar-refractivity contribution is 0.262. The molecule has 1 aromatic rings. The summed E-state index contributed by atoms with van der Waals surface area (Å²) in [6, 6.07) is 9.57. The van der Waals surface area contributed by atoms with Crippen molar-refractivity contribution < 1.29 is 4.74 Å². The van der Waals surface area contributed by atoms with Crippen molar-refractivity contribution in [3.8, 4) is 5.75 Å². The number of hydrogen-bond acceptors (Lipinski definition) is 2. The molecule has 0 saturated heterocycles. The molecule has 20 heavy (non-hydrogen) atoms. The molecule has 2 atom stereocenters. The molecule has 1 aliphatic carbocycles. The van der Waals surface area contributed by atoms with Crippen LogP contribution in [0.15, 0.2) is 24.3 Å². The van der Waals surface area contributed by atoms with E-state index in [1.165, 1.54) is 37.7 Å². The lowest BCUT2D eigenvalue weighted by Crippen LogP contribution is -2.37. The summed E-state index contributed by atoms with van der Waals surface area (Å²) < 4.78 is 5.24. The zero-order chi connectivity index (χ0) is 14.4. The molecule has 1 aromatic carbocycles. The van der Waals surface area contributed by atoms with Gasteiger partial charge in [-0.2, -0.15) is 0 Å². The first-order chi connectivity index (χ1) is 9.74. The highest BCUT2D eigenvalue weighted by molar-refractivity contribution is 5.29. The Labute approximate surface area is 123 Å². The third kappa shape index (κ3) is 3.99. The lowest BCUT2D eigenvalue weighted by Gasteiger charge is -2.31. The van der Waals surface area contributed by atoms with Crippen LogP contribution < -0.4 is 10.1 Å². The van der Waals surface area contributed by atoms with Crippen LogP contribution in [-0.2, 0) is 0 Å². The molecule has 0 heterocycles. The number of nitrogens with one attached hydrogen (secondary N) is 1. The van der Waals surface area contributed by atoms with Gasteiger partial charge >= 0.3 is 0 Å². The molecule has 0 aliphatic heterocycles. The summed E-state index contributed by atoms with van der Waals surface area (Å²) >= 11 is 0. The van der Waals surface area contributed by atoms with Gasteiger partial charge in [0, 0.05) is 12.1 Å². The third-order valence-corrected chi connectivity index (χ3v) is 4.75. The maximum atomic E-state index is 5.24. The topological polar surface area (TPSA) is 21.3 Å². The van der Waals surface area contributed by atoms with Crippen LogP contribution in [0.2, 0.25) is 0 Å². The summed E-state index contributed by atoms with van der Waals surface area (Å²) in [5, 5.41) is 3.85. The molecule has 0 aromatic heterocycles. The Kier molecular flexibility index (Phi) is 5.90. The quantitative estimate of drug-likeness (QED) is 0.812. The largest absolute Gasteiger partial charge is 0.497 e. The highest BCUT2D eigenvalue weighted by Gasteiger charge is 2.22. The maximum Gasteiger partial charge on any atom is 0.118 e. The molecule has 2 heteroatoms. The average molecular weight is 275 g/mol. The summed E-state index contributed by atoms with van der Waals surface area (Å²) in [5.74, 6) is 1.79. The molecule has 2 nitrogen and oxygen atoms in total. The number of hydrogen-bond donors (Lipinski definition) is 1. The summed E-state index contributed by atoms with van der Waals surface area (Å²) in [6.07, 6.45) is 8.18. The van der Waals surface area contributed by atoms with E-state index in [4.69, 9.17) is 4.74 Å². The number of methoxy groups -OCH3 is 1. The molecule has 2 rings (SSSR count). The van der Waals surface area contributed by atoms with Crippen LogP contribution in [0.25, 0.3) is 0 Å². The minimum absolute atomic E-state index is 0.456. The van der Waals surface area contributed by atoms with Crippen molar-refractivity contribution in [2.24, 2.45) is 5.92 Å². The Morgan fingerprint density at radius 2 is 1.80 bits per heavy atom. The van der Waals surface area contributed by atoms with Gasteiger partial charge < -0.3 is 10.1 Å². The minimum atomic E-state index is 0.456. The van der Waals surface area contributed by atoms with Crippen molar-refractivity contribution >= 4 is 0 Å². The number of rotatable bonds is 6. The van der Waals surface area contributed by atoms with E-state index in [2.05, 4.69) is 43.4 Å². The van der Waals surface area contributed by atoms with Gasteiger partial charge in [-0.1, -0.05) is 38.3 Å². The molecule has 1 aliphatic rings. The van der Waals surface area contributed by atoms with Gasteiger partial charge in [-0.25, -0.2) is 0 Å². The van der Waals surface area contributed by atoms with Crippen LogP contribution in [0.3, 0.4) is 0 Å². The molecule has 0 bridgehead atoms. The third-order valence-electron chi connectivity index (χ3n) is 4.75. The second-order valence-electron chi connectivity index (χ2n) is 6.09. The van der Waals surface area contributed by atoms with Gasteiger partial charge in [0.05, 0.1) is 7.11 Å². The molecule has 1 saturated carbocycles. The Morgan fingerprint density at radius 3 is 2.35 bits per heavy atom. The molecular formula is C18H29NO. The fraction of sp³-hybridized carbons (Fsp3) is 0.667. The lowest BCUT2D eigenvalue weighted by atomic mass is 9.84. The smallest absolute Gasteiger partial charge is 0.118 e. The van der Waals surface area contributed by atoms with Gasteiger partial charge in [0.2, 0.25) is 0 Å². The predicted molar refractivity (Wildman–Crippen MR) is 85.2 cm³/mol. The molecule has 0 spiro atoms. The van der Waals surface area contributed by atoms with E-state index in [1.807, 2.05) is 0 Å². The van der Waals surface area contributed by atoms with Gasteiger partial charge in [0.15, 0.2) is 0 Å². The maximum absolute atomic E-state index is 5.24. The van der Waals surface area contributed by atoms with Crippen molar-refractivity contribution in [3.05, 3.63) is 29.8 Å². The average Bonchev–Trinajstić information content (AvgIpc) is 2.53. The van der Waals surface area contributed by atoms with E-state index < -0.39 is 0 Å². The predicted octanol–water partition coefficient (Wildman–Crippen LogP) is 4.70. The van der Waals surface area contributed by atoms with Crippen LogP contribution in [-0.4, -0.2) is 13.2 Å². The van der Waals surface area contributed by atoms with E-state index in [-0.39, 0.29) is 0 Å². The Morgan fingerprint density at radius 1 is 1.15 bits per heavy atom. The van der Waals surface area contributed by atoms with Gasteiger partial charge in [-0.05, 0) is 49.8 Å². The first-order valence-corrected chi connectivity index (χ1v) is 8.14. The van der Waals surface area contributed by atoms with Crippen molar-refractivity contribution in [1.82, 2.24) is 5.32 Å². The minimum Gasteiger partial charge on any atom is -0.497 e. The SMILES string of the molecule is CCC(N[C@@H](C)C1CCCCC1)c1ccc(OC)cc1. The molecule has 1 fully saturated rings. The van der Waals surface area contributed by atoms with Crippen LogP contribution in [0.4, 0.5) is 0 Å². The highest BCUT2D eigenvalue weighted by Crippen LogP contribution is 2.28. The first kappa shape index (κ1) is 15.4. The summed E-state index contributed by atoms with van der Waals surface area (Å²) in [6.45, 7) is 4.62. The second kappa shape index (κ2) is 7.68. The van der Waals surface area contributed by atoms with E-state index in [9.17, 15) is 0 Å². The van der Waals surface area contributed by atoms with Crippen LogP contribution in [0.5, 0.6) is 5.75 Å². The highest BCUT2D eigenvalue weighted by atomic mass is 16.5. The zero-order valence-electron chi connectivity index (χ0n) is 13.2. The van der Waals surface area contributed by atoms with E-state index in [1.54, 1.807) is 7.11 Å². The number of ether oxygens (including phenoxy) is 1. The zero-order valence-corrected chi connectivity index (χ0v) is 13.2. The summed E-state index contributed by atoms with van der Waals surface area (Å²) in [4.78, 5) is 0. The van der Waals surface area contributed by atoms with Crippen molar-refractivity contribution in [3.63, 3.8) is 0 Å². The van der Waals surface area contributed by atoms with E-state index in [0.29, 0.717) is 12.1 Å². The van der Waals surface area contributed by atoms with Crippen LogP contribution in [0.1, 0.15) is 64.0 Å². The van der Waals surface area contributed by atoms with Crippen molar-refractivity contribution in [2.45, 2.75) is 64.5 Å². The summed E-state index contributed by atoms with van der Waals surface area (Å²) in [5.41, 5.74) is 1.37. The van der Waals surface area contributed by atoms with Crippen LogP contribution in [0, 0.1) is 5.92 Å². The van der Waals surface area contributed by atoms with Gasteiger partial charge in [0.25, 0.3) is 0 Å². The van der Waals surface area contributed by atoms with Gasteiger partial charge in [-0.15, -0.1) is 0 Å². The van der Waals surface area contributed by atoms with Crippen LogP contribution >= 0.6 is 0 Å². The fourth-order valence-corrected chi connectivity index (χ4v) is 3.37. The van der Waals surface area contributed by atoms with Crippen molar-refractivity contribution in [2.75, 3.05) is 7.11 Å². The molecule has 1 N–H and O–H groups in total. The Balaban J connectivity index is 1.96. The molecule has 0 radical (unpaired) electrons. The van der Waals surface area contributed by atoms with Gasteiger partial charge in [0.1, 0.15) is 5.75 Å². The van der Waals surface area contributed by atoms with Crippen molar-refractivity contribution in [1.29, 1.82) is 0 Å². The van der Waals surface area contributed by atoms with E-state index in [0.717, 1.165) is 18.1 Å². The standard InChI is InChI=1S/C18H29NO/c1-4-18(16-10-12-17(20-3)13-11-16)19-14(2)15-8-6-5-7-9-15/h10-15,18-19H,4-9H2,1-3H3/t14-,18?/m0/s1. The summed E-state index contributed by atoms with van der Waals surface area (Å²) in [7, 11) is 1.72. The number of benzene rings is 1. The Bertz CT molecular complexity index is 381. The fourth-order valence-electron chi connectivity index (χ4n) is 3.37. The molecule has 1 unspecified atom stereocenters. The second-order valence-corrected chi connectivity index (χ2v) is 6.09. The Hall–Kier alpha value is -1.02. The first-order valence-electron chi connectivity index (χ1n) is 8.14. The van der Waals surface area contributed by atoms with E-state index >= 15 is 0 Å². The molecule has 0 amide bonds. The van der Waals surface area contributed by atoms with Gasteiger partial charge in [-0.3, -0.25) is 0 Å².